The first-order chi connectivity index (χ1) is 8.06. The van der Waals surface area contributed by atoms with Crippen molar-refractivity contribution in [2.75, 3.05) is 0 Å². The van der Waals surface area contributed by atoms with Gasteiger partial charge in [-0.15, -0.1) is 11.3 Å². The summed E-state index contributed by atoms with van der Waals surface area (Å²) in [4.78, 5) is 22.6. The summed E-state index contributed by atoms with van der Waals surface area (Å²) in [5.41, 5.74) is 0.665. The van der Waals surface area contributed by atoms with Gasteiger partial charge in [0.2, 0.25) is 0 Å². The van der Waals surface area contributed by atoms with Gasteiger partial charge in [0.15, 0.2) is 0 Å². The van der Waals surface area contributed by atoms with Gasteiger partial charge in [0.25, 0.3) is 5.91 Å². The lowest BCUT2D eigenvalue weighted by atomic mass is 10.1. The third kappa shape index (κ3) is 3.19. The van der Waals surface area contributed by atoms with Crippen molar-refractivity contribution < 1.29 is 14.7 Å². The van der Waals surface area contributed by atoms with Crippen LogP contribution in [-0.4, -0.2) is 23.0 Å². The Hall–Kier alpha value is -0.630. The standard InChI is InChI=1S/C11H12INO3S/c12-9-4-7(5-17-9)10(14)13-8-2-1-6(3-8)11(15)16/h4-6,8H,1-3H2,(H,13,14)(H,15,16). The van der Waals surface area contributed by atoms with Gasteiger partial charge in [0, 0.05) is 11.4 Å². The van der Waals surface area contributed by atoms with Crippen LogP contribution < -0.4 is 5.32 Å². The molecule has 0 bridgehead atoms. The zero-order valence-corrected chi connectivity index (χ0v) is 12.0. The largest absolute Gasteiger partial charge is 0.481 e. The van der Waals surface area contributed by atoms with Crippen LogP contribution in [0.4, 0.5) is 0 Å². The van der Waals surface area contributed by atoms with Crippen LogP contribution >= 0.6 is 33.9 Å². The number of carbonyl (C=O) groups is 2. The molecule has 1 aliphatic carbocycles. The van der Waals surface area contributed by atoms with E-state index in [1.165, 1.54) is 11.3 Å². The highest BCUT2D eigenvalue weighted by atomic mass is 127. The molecular formula is C11H12INO3S. The molecule has 0 aliphatic heterocycles. The molecule has 1 aromatic rings. The highest BCUT2D eigenvalue weighted by Gasteiger charge is 2.30. The van der Waals surface area contributed by atoms with E-state index in [1.54, 1.807) is 0 Å². The second kappa shape index (κ2) is 5.34. The van der Waals surface area contributed by atoms with Gasteiger partial charge in [-0.05, 0) is 47.9 Å². The number of aliphatic carboxylic acids is 1. The number of rotatable bonds is 3. The lowest BCUT2D eigenvalue weighted by molar-refractivity contribution is -0.141. The van der Waals surface area contributed by atoms with Crippen LogP contribution in [0.25, 0.3) is 0 Å². The molecule has 6 heteroatoms. The summed E-state index contributed by atoms with van der Waals surface area (Å²) in [6.45, 7) is 0. The first-order valence-corrected chi connectivity index (χ1v) is 7.30. The van der Waals surface area contributed by atoms with E-state index in [4.69, 9.17) is 5.11 Å². The van der Waals surface area contributed by atoms with E-state index in [2.05, 4.69) is 27.9 Å². The van der Waals surface area contributed by atoms with Gasteiger partial charge in [-0.25, -0.2) is 0 Å². The topological polar surface area (TPSA) is 66.4 Å². The highest BCUT2D eigenvalue weighted by molar-refractivity contribution is 14.1. The summed E-state index contributed by atoms with van der Waals surface area (Å²) < 4.78 is 1.07. The number of hydrogen-bond acceptors (Lipinski definition) is 3. The molecule has 92 valence electrons. The van der Waals surface area contributed by atoms with Crippen molar-refractivity contribution in [2.24, 2.45) is 5.92 Å². The van der Waals surface area contributed by atoms with Gasteiger partial charge < -0.3 is 10.4 Å². The lowest BCUT2D eigenvalue weighted by Gasteiger charge is -2.11. The number of halogens is 1. The van der Waals surface area contributed by atoms with Crippen LogP contribution in [0.2, 0.25) is 0 Å². The molecule has 1 aromatic heterocycles. The molecule has 1 amide bonds. The van der Waals surface area contributed by atoms with Crippen LogP contribution in [0.1, 0.15) is 29.6 Å². The molecule has 0 spiro atoms. The van der Waals surface area contributed by atoms with E-state index >= 15 is 0 Å². The van der Waals surface area contributed by atoms with Crippen molar-refractivity contribution in [1.82, 2.24) is 5.32 Å². The molecule has 17 heavy (non-hydrogen) atoms. The molecule has 0 saturated heterocycles. The zero-order chi connectivity index (χ0) is 12.4. The van der Waals surface area contributed by atoms with E-state index in [0.717, 1.165) is 9.30 Å². The Labute approximate surface area is 117 Å². The van der Waals surface area contributed by atoms with E-state index in [-0.39, 0.29) is 17.9 Å². The predicted molar refractivity (Wildman–Crippen MR) is 73.3 cm³/mol. The summed E-state index contributed by atoms with van der Waals surface area (Å²) in [7, 11) is 0. The van der Waals surface area contributed by atoms with Crippen molar-refractivity contribution in [2.45, 2.75) is 25.3 Å². The first-order valence-electron chi connectivity index (χ1n) is 5.34. The molecule has 2 rings (SSSR count). The second-order valence-electron chi connectivity index (χ2n) is 4.16. The molecule has 1 aliphatic rings. The maximum absolute atomic E-state index is 11.8. The zero-order valence-electron chi connectivity index (χ0n) is 8.98. The molecular weight excluding hydrogens is 353 g/mol. The van der Waals surface area contributed by atoms with E-state index < -0.39 is 5.97 Å². The molecule has 2 unspecified atom stereocenters. The van der Waals surface area contributed by atoms with E-state index in [9.17, 15) is 9.59 Å². The van der Waals surface area contributed by atoms with E-state index in [0.29, 0.717) is 18.4 Å². The number of amides is 1. The molecule has 2 atom stereocenters. The van der Waals surface area contributed by atoms with Gasteiger partial charge in [0.05, 0.1) is 14.4 Å². The molecule has 1 fully saturated rings. The average molecular weight is 365 g/mol. The number of carbonyl (C=O) groups excluding carboxylic acids is 1. The average Bonchev–Trinajstić information content (AvgIpc) is 2.86. The van der Waals surface area contributed by atoms with Crippen LogP contribution in [0, 0.1) is 8.80 Å². The Morgan fingerprint density at radius 1 is 1.47 bits per heavy atom. The van der Waals surface area contributed by atoms with Crippen LogP contribution in [-0.2, 0) is 4.79 Å². The summed E-state index contributed by atoms with van der Waals surface area (Å²) in [5.74, 6) is -1.16. The fraction of sp³-hybridized carbons (Fsp3) is 0.455. The smallest absolute Gasteiger partial charge is 0.306 e. The number of hydrogen-bond donors (Lipinski definition) is 2. The number of carboxylic acids is 1. The van der Waals surface area contributed by atoms with Crippen molar-refractivity contribution in [1.29, 1.82) is 0 Å². The molecule has 2 N–H and O–H groups in total. The minimum Gasteiger partial charge on any atom is -0.481 e. The summed E-state index contributed by atoms with van der Waals surface area (Å²) in [6, 6.07) is 1.84. The minimum atomic E-state index is -0.758. The Bertz CT molecular complexity index is 446. The number of carboxylic acid groups (broad SMARTS) is 1. The Balaban J connectivity index is 1.90. The highest BCUT2D eigenvalue weighted by Crippen LogP contribution is 2.26. The summed E-state index contributed by atoms with van der Waals surface area (Å²) in [6.07, 6.45) is 1.95. The van der Waals surface area contributed by atoms with Crippen LogP contribution in [0.5, 0.6) is 0 Å². The fourth-order valence-electron chi connectivity index (χ4n) is 2.03. The third-order valence-electron chi connectivity index (χ3n) is 2.95. The maximum atomic E-state index is 11.8. The Kier molecular flexibility index (Phi) is 4.03. The monoisotopic (exact) mass is 365 g/mol. The normalized spacial score (nSPS) is 23.6. The third-order valence-corrected chi connectivity index (χ3v) is 4.74. The second-order valence-corrected chi connectivity index (χ2v) is 6.96. The summed E-state index contributed by atoms with van der Waals surface area (Å²) in [5, 5.41) is 13.6. The molecule has 4 nitrogen and oxygen atoms in total. The fourth-order valence-corrected chi connectivity index (χ4v) is 3.36. The first kappa shape index (κ1) is 12.8. The molecule has 1 saturated carbocycles. The predicted octanol–water partition coefficient (Wildman–Crippen LogP) is 2.34. The number of thiophene rings is 1. The maximum Gasteiger partial charge on any atom is 0.306 e. The van der Waals surface area contributed by atoms with Gasteiger partial charge >= 0.3 is 5.97 Å². The van der Waals surface area contributed by atoms with E-state index in [1.807, 2.05) is 11.4 Å². The molecule has 1 heterocycles. The quantitative estimate of drug-likeness (QED) is 0.809. The SMILES string of the molecule is O=C(NC1CCC(C(=O)O)C1)c1csc(I)c1. The van der Waals surface area contributed by atoms with Crippen molar-refractivity contribution in [3.63, 3.8) is 0 Å². The van der Waals surface area contributed by atoms with Crippen molar-refractivity contribution >= 4 is 45.8 Å². The molecule has 0 aromatic carbocycles. The van der Waals surface area contributed by atoms with Crippen LogP contribution in [0.3, 0.4) is 0 Å². The Morgan fingerprint density at radius 3 is 2.76 bits per heavy atom. The van der Waals surface area contributed by atoms with Gasteiger partial charge in [-0.2, -0.15) is 0 Å². The number of nitrogens with one attached hydrogen (secondary N) is 1. The van der Waals surface area contributed by atoms with Gasteiger partial charge in [-0.1, -0.05) is 0 Å². The van der Waals surface area contributed by atoms with Crippen molar-refractivity contribution in [3.05, 3.63) is 19.9 Å². The molecule has 0 radical (unpaired) electrons. The van der Waals surface area contributed by atoms with Gasteiger partial charge in [-0.3, -0.25) is 9.59 Å². The Morgan fingerprint density at radius 2 is 2.24 bits per heavy atom. The lowest BCUT2D eigenvalue weighted by Crippen LogP contribution is -2.33. The summed E-state index contributed by atoms with van der Waals surface area (Å²) >= 11 is 3.70. The van der Waals surface area contributed by atoms with Crippen molar-refractivity contribution in [3.8, 4) is 0 Å². The van der Waals surface area contributed by atoms with Crippen LogP contribution in [0.15, 0.2) is 11.4 Å². The minimum absolute atomic E-state index is 0.00108. The van der Waals surface area contributed by atoms with Gasteiger partial charge in [0.1, 0.15) is 0 Å².